The van der Waals surface area contributed by atoms with Crippen LogP contribution in [0.1, 0.15) is 40.5 Å². The number of ether oxygens (including phenoxy) is 13. The summed E-state index contributed by atoms with van der Waals surface area (Å²) in [5.41, 5.74) is 0.894. The minimum Gasteiger partial charge on any atom is -0.463 e. The Hall–Kier alpha value is -3.71. The summed E-state index contributed by atoms with van der Waals surface area (Å²) in [5.74, 6) is -2.51. The summed E-state index contributed by atoms with van der Waals surface area (Å²) in [5, 5.41) is 5.33. The topological polar surface area (TPSA) is 233 Å². The van der Waals surface area contributed by atoms with E-state index >= 15 is 0 Å². The second kappa shape index (κ2) is 34.7. The summed E-state index contributed by atoms with van der Waals surface area (Å²) in [4.78, 5) is 61.5. The number of fused-ring (bicyclic) bond motifs is 1. The maximum atomic E-state index is 13.2. The van der Waals surface area contributed by atoms with Crippen LogP contribution in [0.3, 0.4) is 0 Å². The van der Waals surface area contributed by atoms with Gasteiger partial charge in [-0.25, -0.2) is 0 Å². The number of piperidine rings is 1. The molecule has 1 aromatic rings. The third-order valence-corrected chi connectivity index (χ3v) is 8.66. The van der Waals surface area contributed by atoms with Crippen LogP contribution < -0.4 is 10.6 Å². The first-order valence-corrected chi connectivity index (χ1v) is 21.0. The van der Waals surface area contributed by atoms with Gasteiger partial charge in [-0.2, -0.15) is 0 Å². The van der Waals surface area contributed by atoms with E-state index in [0.29, 0.717) is 171 Å². The number of anilines is 1. The average molecular weight is 888 g/mol. The quantitative estimate of drug-likeness (QED) is 0.0510. The number of carbonyl (C=O) groups is 5. The van der Waals surface area contributed by atoms with Gasteiger partial charge in [0.05, 0.1) is 170 Å². The van der Waals surface area contributed by atoms with Crippen molar-refractivity contribution in [2.75, 3.05) is 177 Å². The van der Waals surface area contributed by atoms with E-state index < -0.39 is 29.7 Å². The maximum absolute atomic E-state index is 13.2. The van der Waals surface area contributed by atoms with E-state index in [-0.39, 0.29) is 36.5 Å². The first kappa shape index (κ1) is 52.6. The number of imide groups is 2. The van der Waals surface area contributed by atoms with Gasteiger partial charge in [0.1, 0.15) is 12.6 Å². The smallest absolute Gasteiger partial charge is 0.302 e. The van der Waals surface area contributed by atoms with Crippen LogP contribution >= 0.6 is 0 Å². The van der Waals surface area contributed by atoms with E-state index in [1.54, 1.807) is 18.2 Å². The Kier molecular flexibility index (Phi) is 29.5. The molecule has 4 amide bonds. The number of esters is 1. The highest BCUT2D eigenvalue weighted by Gasteiger charge is 2.45. The standard InChI is InChI=1S/C41H65N3O18/c1-33(45)62-32-31-61-30-29-60-28-27-59-26-25-58-24-23-57-22-21-56-20-19-55-18-17-54-16-15-53-14-13-52-12-11-51-10-9-50-8-7-42-35-4-2-3-34-38(35)41(49)44(40(34)48)36-5-6-37(46)43-39(36)47/h2-4,36,42H,5-32H2,1H3,(H,43,46,47). The van der Waals surface area contributed by atoms with E-state index in [9.17, 15) is 24.0 Å². The molecule has 0 aliphatic carbocycles. The largest absolute Gasteiger partial charge is 0.463 e. The van der Waals surface area contributed by atoms with Crippen LogP contribution in [0.5, 0.6) is 0 Å². The molecule has 1 aromatic carbocycles. The van der Waals surface area contributed by atoms with E-state index in [2.05, 4.69) is 10.6 Å². The van der Waals surface area contributed by atoms with E-state index in [0.717, 1.165) is 4.90 Å². The molecule has 0 aromatic heterocycles. The summed E-state index contributed by atoms with van der Waals surface area (Å²) in [7, 11) is 0. The molecule has 0 bridgehead atoms. The van der Waals surface area contributed by atoms with Gasteiger partial charge in [-0.15, -0.1) is 0 Å². The second-order valence-electron chi connectivity index (χ2n) is 13.3. The molecule has 0 saturated carbocycles. The maximum Gasteiger partial charge on any atom is 0.302 e. The molecule has 21 heteroatoms. The molecule has 1 saturated heterocycles. The van der Waals surface area contributed by atoms with E-state index in [4.69, 9.17) is 61.6 Å². The SMILES string of the molecule is CC(=O)OCCOCCOCCOCCOCCOCCOCCOCCOCCOCCOCCOCCOCCNc1cccc2c1C(=O)N(C1CCC(=O)NC1=O)C2=O. The normalized spacial score (nSPS) is 15.0. The van der Waals surface area contributed by atoms with E-state index in [1.807, 2.05) is 0 Å². The summed E-state index contributed by atoms with van der Waals surface area (Å²) in [6.07, 6.45) is 0.161. The highest BCUT2D eigenvalue weighted by atomic mass is 16.6. The zero-order valence-electron chi connectivity index (χ0n) is 35.9. The van der Waals surface area contributed by atoms with Crippen LogP contribution in [-0.4, -0.2) is 212 Å². The van der Waals surface area contributed by atoms with E-state index in [1.165, 1.54) is 6.92 Å². The van der Waals surface area contributed by atoms with Crippen LogP contribution in [0.25, 0.3) is 0 Å². The molecule has 2 aliphatic rings. The van der Waals surface area contributed by atoms with Crippen molar-refractivity contribution >= 4 is 35.3 Å². The minimum atomic E-state index is -1.02. The Balaban J connectivity index is 0.965. The van der Waals surface area contributed by atoms with Crippen LogP contribution in [0.4, 0.5) is 5.69 Å². The Bertz CT molecular complexity index is 1420. The molecule has 0 spiro atoms. The van der Waals surface area contributed by atoms with Gasteiger partial charge in [-0.1, -0.05) is 6.07 Å². The number of hydrogen-bond acceptors (Lipinski definition) is 19. The number of rotatable bonds is 41. The lowest BCUT2D eigenvalue weighted by atomic mass is 10.0. The van der Waals surface area contributed by atoms with Crippen molar-refractivity contribution in [3.8, 4) is 0 Å². The lowest BCUT2D eigenvalue weighted by Crippen LogP contribution is -2.54. The van der Waals surface area contributed by atoms with Crippen molar-refractivity contribution in [2.24, 2.45) is 0 Å². The van der Waals surface area contributed by atoms with Gasteiger partial charge in [0.2, 0.25) is 11.8 Å². The molecule has 21 nitrogen and oxygen atoms in total. The van der Waals surface area contributed by atoms with Gasteiger partial charge in [0.25, 0.3) is 11.8 Å². The molecular formula is C41H65N3O18. The van der Waals surface area contributed by atoms with Crippen molar-refractivity contribution in [3.63, 3.8) is 0 Å². The third-order valence-electron chi connectivity index (χ3n) is 8.66. The summed E-state index contributed by atoms with van der Waals surface area (Å²) in [6, 6.07) is 3.89. The number of nitrogens with one attached hydrogen (secondary N) is 2. The lowest BCUT2D eigenvalue weighted by Gasteiger charge is -2.27. The molecule has 3 rings (SSSR count). The summed E-state index contributed by atoms with van der Waals surface area (Å²) in [6.45, 7) is 12.5. The molecule has 352 valence electrons. The second-order valence-corrected chi connectivity index (χ2v) is 13.3. The molecule has 2 aliphatic heterocycles. The van der Waals surface area contributed by atoms with Crippen molar-refractivity contribution < 1.29 is 85.6 Å². The number of carbonyl (C=O) groups excluding carboxylic acids is 5. The zero-order valence-corrected chi connectivity index (χ0v) is 35.9. The third kappa shape index (κ3) is 23.1. The van der Waals surface area contributed by atoms with Gasteiger partial charge in [0.15, 0.2) is 0 Å². The molecule has 62 heavy (non-hydrogen) atoms. The number of benzene rings is 1. The fourth-order valence-corrected chi connectivity index (χ4v) is 5.69. The number of hydrogen-bond donors (Lipinski definition) is 2. The van der Waals surface area contributed by atoms with Crippen molar-refractivity contribution in [1.82, 2.24) is 10.2 Å². The average Bonchev–Trinajstić information content (AvgIpc) is 3.51. The molecule has 1 atom stereocenters. The summed E-state index contributed by atoms with van der Waals surface area (Å²) < 4.78 is 70.4. The highest BCUT2D eigenvalue weighted by molar-refractivity contribution is 6.25. The molecule has 2 N–H and O–H groups in total. The molecular weight excluding hydrogens is 822 g/mol. The summed E-state index contributed by atoms with van der Waals surface area (Å²) >= 11 is 0. The van der Waals surface area contributed by atoms with Gasteiger partial charge in [0, 0.05) is 25.6 Å². The van der Waals surface area contributed by atoms with Gasteiger partial charge < -0.3 is 66.9 Å². The van der Waals surface area contributed by atoms with Gasteiger partial charge in [-0.05, 0) is 18.6 Å². The number of nitrogens with zero attached hydrogens (tertiary/aromatic N) is 1. The number of amides is 4. The van der Waals surface area contributed by atoms with Crippen molar-refractivity contribution in [2.45, 2.75) is 25.8 Å². The van der Waals surface area contributed by atoms with Crippen LogP contribution in [-0.2, 0) is 76.0 Å². The monoisotopic (exact) mass is 887 g/mol. The molecule has 1 unspecified atom stereocenters. The molecule has 0 radical (unpaired) electrons. The van der Waals surface area contributed by atoms with Crippen molar-refractivity contribution in [1.29, 1.82) is 0 Å². The Labute approximate surface area is 362 Å². The fourth-order valence-electron chi connectivity index (χ4n) is 5.69. The van der Waals surface area contributed by atoms with Crippen LogP contribution in [0.15, 0.2) is 18.2 Å². The fraction of sp³-hybridized carbons (Fsp3) is 0.732. The molecule has 1 fully saturated rings. The Morgan fingerprint density at radius 2 is 0.919 bits per heavy atom. The lowest BCUT2D eigenvalue weighted by molar-refractivity contribution is -0.142. The van der Waals surface area contributed by atoms with Crippen molar-refractivity contribution in [3.05, 3.63) is 29.3 Å². The Morgan fingerprint density at radius 3 is 1.29 bits per heavy atom. The highest BCUT2D eigenvalue weighted by Crippen LogP contribution is 2.32. The molecule has 2 heterocycles. The predicted octanol–water partition coefficient (Wildman–Crippen LogP) is 0.262. The van der Waals surface area contributed by atoms with Crippen LogP contribution in [0, 0.1) is 0 Å². The van der Waals surface area contributed by atoms with Gasteiger partial charge >= 0.3 is 5.97 Å². The first-order chi connectivity index (χ1) is 30.4. The predicted molar refractivity (Wildman–Crippen MR) is 218 cm³/mol. The first-order valence-electron chi connectivity index (χ1n) is 21.0. The van der Waals surface area contributed by atoms with Gasteiger partial charge in [-0.3, -0.25) is 34.2 Å². The zero-order chi connectivity index (χ0) is 44.3. The van der Waals surface area contributed by atoms with Crippen LogP contribution in [0.2, 0.25) is 0 Å². The minimum absolute atomic E-state index is 0.0615. The Morgan fingerprint density at radius 1 is 0.548 bits per heavy atom.